The van der Waals surface area contributed by atoms with Crippen LogP contribution in [-0.2, 0) is 12.8 Å². The standard InChI is InChI=1S/C18H19N5O2S/c24-9-4-8-19-18-21-17-14(11-5-1-2-7-13(11)26-17)16-20-15(22-23(16)18)12-6-3-10-25-12/h3,6,10,24H,1-2,4-5,7-9H2,(H,19,21). The lowest BCUT2D eigenvalue weighted by Crippen LogP contribution is -2.10. The van der Waals surface area contributed by atoms with Crippen molar-refractivity contribution < 1.29 is 9.52 Å². The number of thiophene rings is 1. The summed E-state index contributed by atoms with van der Waals surface area (Å²) < 4.78 is 7.26. The molecule has 1 aliphatic carbocycles. The van der Waals surface area contributed by atoms with Gasteiger partial charge in [-0.25, -0.2) is 9.97 Å². The van der Waals surface area contributed by atoms with E-state index < -0.39 is 0 Å². The zero-order valence-corrected chi connectivity index (χ0v) is 15.1. The highest BCUT2D eigenvalue weighted by Crippen LogP contribution is 2.38. The van der Waals surface area contributed by atoms with Crippen molar-refractivity contribution in [2.75, 3.05) is 18.5 Å². The van der Waals surface area contributed by atoms with Crippen LogP contribution in [0.25, 0.3) is 27.4 Å². The topological polar surface area (TPSA) is 88.5 Å². The third-order valence-electron chi connectivity index (χ3n) is 4.75. The van der Waals surface area contributed by atoms with Crippen LogP contribution in [0.1, 0.15) is 29.7 Å². The molecule has 0 aromatic carbocycles. The summed E-state index contributed by atoms with van der Waals surface area (Å²) in [6.07, 6.45) is 6.92. The number of aryl methyl sites for hydroxylation is 2. The molecule has 4 aromatic heterocycles. The number of hydrogen-bond donors (Lipinski definition) is 2. The molecule has 0 saturated carbocycles. The zero-order chi connectivity index (χ0) is 17.5. The van der Waals surface area contributed by atoms with E-state index in [9.17, 15) is 0 Å². The second-order valence-corrected chi connectivity index (χ2v) is 7.56. The Balaban J connectivity index is 1.74. The van der Waals surface area contributed by atoms with Crippen molar-refractivity contribution in [3.63, 3.8) is 0 Å². The molecule has 0 amide bonds. The van der Waals surface area contributed by atoms with E-state index in [1.54, 1.807) is 22.1 Å². The molecule has 0 atom stereocenters. The van der Waals surface area contributed by atoms with Gasteiger partial charge in [0.05, 0.1) is 11.6 Å². The molecule has 4 aromatic rings. The number of anilines is 1. The van der Waals surface area contributed by atoms with Crippen molar-refractivity contribution in [1.82, 2.24) is 19.6 Å². The average Bonchev–Trinajstić information content (AvgIpc) is 3.38. The van der Waals surface area contributed by atoms with Gasteiger partial charge in [0.2, 0.25) is 11.8 Å². The van der Waals surface area contributed by atoms with Gasteiger partial charge in [0.15, 0.2) is 11.4 Å². The lowest BCUT2D eigenvalue weighted by atomic mass is 9.97. The van der Waals surface area contributed by atoms with Crippen LogP contribution < -0.4 is 5.32 Å². The van der Waals surface area contributed by atoms with Crippen LogP contribution >= 0.6 is 11.3 Å². The van der Waals surface area contributed by atoms with E-state index in [0.717, 1.165) is 28.7 Å². The lowest BCUT2D eigenvalue weighted by molar-refractivity contribution is 0.292. The van der Waals surface area contributed by atoms with Crippen molar-refractivity contribution in [2.24, 2.45) is 0 Å². The number of rotatable bonds is 5. The fourth-order valence-corrected chi connectivity index (χ4v) is 4.79. The van der Waals surface area contributed by atoms with E-state index >= 15 is 0 Å². The molecule has 0 radical (unpaired) electrons. The van der Waals surface area contributed by atoms with E-state index in [4.69, 9.17) is 19.5 Å². The Morgan fingerprint density at radius 2 is 2.19 bits per heavy atom. The summed E-state index contributed by atoms with van der Waals surface area (Å²) in [5.74, 6) is 1.86. The first-order valence-electron chi connectivity index (χ1n) is 8.95. The minimum atomic E-state index is 0.140. The van der Waals surface area contributed by atoms with E-state index in [2.05, 4.69) is 10.4 Å². The van der Waals surface area contributed by atoms with Crippen molar-refractivity contribution >= 4 is 33.1 Å². The second-order valence-electron chi connectivity index (χ2n) is 6.48. The Labute approximate surface area is 153 Å². The largest absolute Gasteiger partial charge is 0.461 e. The number of aromatic nitrogens is 4. The predicted octanol–water partition coefficient (Wildman–Crippen LogP) is 3.27. The molecule has 0 aliphatic heterocycles. The van der Waals surface area contributed by atoms with Crippen molar-refractivity contribution in [1.29, 1.82) is 0 Å². The normalized spacial score (nSPS) is 14.2. The number of fused-ring (bicyclic) bond motifs is 5. The summed E-state index contributed by atoms with van der Waals surface area (Å²) in [5.41, 5.74) is 2.21. The number of nitrogens with one attached hydrogen (secondary N) is 1. The van der Waals surface area contributed by atoms with Gasteiger partial charge in [-0.2, -0.15) is 4.52 Å². The number of aliphatic hydroxyl groups excluding tert-OH is 1. The SMILES string of the molecule is OCCCNc1nc2sc3c(c2c2nc(-c4ccco4)nn12)CCCC3. The summed E-state index contributed by atoms with van der Waals surface area (Å²) in [7, 11) is 0. The van der Waals surface area contributed by atoms with Gasteiger partial charge in [0.25, 0.3) is 0 Å². The van der Waals surface area contributed by atoms with Gasteiger partial charge in [0.1, 0.15) is 4.83 Å². The maximum atomic E-state index is 9.06. The van der Waals surface area contributed by atoms with Crippen LogP contribution in [0.4, 0.5) is 5.95 Å². The van der Waals surface area contributed by atoms with E-state index in [1.807, 2.05) is 12.1 Å². The van der Waals surface area contributed by atoms with E-state index in [0.29, 0.717) is 30.5 Å². The quantitative estimate of drug-likeness (QED) is 0.525. The van der Waals surface area contributed by atoms with Gasteiger partial charge in [-0.15, -0.1) is 16.4 Å². The van der Waals surface area contributed by atoms with E-state index in [-0.39, 0.29) is 6.61 Å². The van der Waals surface area contributed by atoms with Crippen LogP contribution in [0.2, 0.25) is 0 Å². The number of aliphatic hydroxyl groups is 1. The fraction of sp³-hybridized carbons (Fsp3) is 0.389. The van der Waals surface area contributed by atoms with Crippen LogP contribution in [0, 0.1) is 0 Å². The smallest absolute Gasteiger partial charge is 0.227 e. The van der Waals surface area contributed by atoms with Crippen LogP contribution in [0.5, 0.6) is 0 Å². The summed E-state index contributed by atoms with van der Waals surface area (Å²) >= 11 is 1.77. The fourth-order valence-electron chi connectivity index (χ4n) is 3.53. The molecule has 7 nitrogen and oxygen atoms in total. The highest BCUT2D eigenvalue weighted by Gasteiger charge is 2.23. The molecule has 0 spiro atoms. The molecule has 26 heavy (non-hydrogen) atoms. The lowest BCUT2D eigenvalue weighted by Gasteiger charge is -2.10. The number of nitrogens with zero attached hydrogens (tertiary/aromatic N) is 4. The Bertz CT molecular complexity index is 1070. The molecule has 0 saturated heterocycles. The number of furan rings is 1. The molecule has 0 unspecified atom stereocenters. The molecule has 5 rings (SSSR count). The van der Waals surface area contributed by atoms with Crippen molar-refractivity contribution in [2.45, 2.75) is 32.1 Å². The second kappa shape index (κ2) is 6.37. The Morgan fingerprint density at radius 3 is 3.04 bits per heavy atom. The van der Waals surface area contributed by atoms with E-state index in [1.165, 1.54) is 23.3 Å². The summed E-state index contributed by atoms with van der Waals surface area (Å²) in [6, 6.07) is 3.70. The first kappa shape index (κ1) is 15.8. The number of hydrogen-bond acceptors (Lipinski definition) is 7. The van der Waals surface area contributed by atoms with Crippen molar-refractivity contribution in [3.8, 4) is 11.6 Å². The molecular formula is C18H19N5O2S. The molecule has 4 heterocycles. The molecular weight excluding hydrogens is 350 g/mol. The monoisotopic (exact) mass is 369 g/mol. The molecule has 0 fully saturated rings. The highest BCUT2D eigenvalue weighted by atomic mass is 32.1. The molecule has 1 aliphatic rings. The van der Waals surface area contributed by atoms with Gasteiger partial charge in [-0.1, -0.05) is 0 Å². The van der Waals surface area contributed by atoms with Gasteiger partial charge < -0.3 is 14.8 Å². The Kier molecular flexibility index (Phi) is 3.86. The maximum Gasteiger partial charge on any atom is 0.227 e. The molecule has 8 heteroatoms. The highest BCUT2D eigenvalue weighted by molar-refractivity contribution is 7.19. The zero-order valence-electron chi connectivity index (χ0n) is 14.2. The van der Waals surface area contributed by atoms with Crippen LogP contribution in [-0.4, -0.2) is 37.8 Å². The Morgan fingerprint density at radius 1 is 1.27 bits per heavy atom. The summed E-state index contributed by atoms with van der Waals surface area (Å²) in [5, 5.41) is 18.1. The van der Waals surface area contributed by atoms with Gasteiger partial charge in [-0.3, -0.25) is 0 Å². The van der Waals surface area contributed by atoms with Crippen LogP contribution in [0.3, 0.4) is 0 Å². The molecule has 2 N–H and O–H groups in total. The first-order valence-corrected chi connectivity index (χ1v) is 9.76. The predicted molar refractivity (Wildman–Crippen MR) is 101 cm³/mol. The maximum absolute atomic E-state index is 9.06. The van der Waals surface area contributed by atoms with Crippen molar-refractivity contribution in [3.05, 3.63) is 28.8 Å². The minimum absolute atomic E-state index is 0.140. The van der Waals surface area contributed by atoms with Crippen LogP contribution in [0.15, 0.2) is 22.8 Å². The Hall–Kier alpha value is -2.45. The summed E-state index contributed by atoms with van der Waals surface area (Å²) in [4.78, 5) is 12.1. The average molecular weight is 369 g/mol. The first-order chi connectivity index (χ1) is 12.8. The third-order valence-corrected chi connectivity index (χ3v) is 5.94. The van der Waals surface area contributed by atoms with Gasteiger partial charge in [0, 0.05) is 18.0 Å². The van der Waals surface area contributed by atoms with Gasteiger partial charge in [-0.05, 0) is 49.8 Å². The minimum Gasteiger partial charge on any atom is -0.461 e. The van der Waals surface area contributed by atoms with Gasteiger partial charge >= 0.3 is 0 Å². The third kappa shape index (κ3) is 2.48. The summed E-state index contributed by atoms with van der Waals surface area (Å²) in [6.45, 7) is 0.770. The molecule has 0 bridgehead atoms. The molecule has 134 valence electrons.